The highest BCUT2D eigenvalue weighted by Crippen LogP contribution is 2.45. The molecule has 4 heterocycles. The molecular weight excluding hydrogens is 400 g/mol. The van der Waals surface area contributed by atoms with Crippen LogP contribution in [0.2, 0.25) is 0 Å². The van der Waals surface area contributed by atoms with Crippen LogP contribution in [0.15, 0.2) is 60.7 Å². The normalized spacial score (nSPS) is 18.8. The first kappa shape index (κ1) is 18.2. The number of fused-ring (bicyclic) bond motifs is 7. The van der Waals surface area contributed by atoms with Gasteiger partial charge >= 0.3 is 0 Å². The molecule has 0 amide bonds. The van der Waals surface area contributed by atoms with Gasteiger partial charge in [0.1, 0.15) is 12.4 Å². The quantitative estimate of drug-likeness (QED) is 0.495. The molecule has 3 aliphatic rings. The van der Waals surface area contributed by atoms with E-state index in [1.807, 2.05) is 18.2 Å². The molecule has 160 valence electrons. The van der Waals surface area contributed by atoms with Crippen molar-refractivity contribution in [1.29, 1.82) is 0 Å². The van der Waals surface area contributed by atoms with Crippen LogP contribution in [-0.4, -0.2) is 23.2 Å². The van der Waals surface area contributed by atoms with Crippen molar-refractivity contribution >= 4 is 10.9 Å². The second-order valence-corrected chi connectivity index (χ2v) is 8.91. The van der Waals surface area contributed by atoms with E-state index in [4.69, 9.17) is 14.2 Å². The largest absolute Gasteiger partial charge is 0.489 e. The molecule has 4 aromatic rings. The summed E-state index contributed by atoms with van der Waals surface area (Å²) in [5, 5.41) is 1.28. The fourth-order valence-corrected chi connectivity index (χ4v) is 5.45. The lowest BCUT2D eigenvalue weighted by Gasteiger charge is -2.40. The molecule has 0 spiro atoms. The van der Waals surface area contributed by atoms with Gasteiger partial charge in [0.05, 0.1) is 0 Å². The first-order valence-electron chi connectivity index (χ1n) is 11.3. The number of H-pyrrole nitrogens is 1. The SMILES string of the molecule is c1ccc(COc2ccc3[nH]c4c(c3c2)CC2c3cc5c(cc3CCN2C4)OCO5)cc1. The number of aromatic nitrogens is 1. The Kier molecular flexibility index (Phi) is 3.99. The molecule has 0 saturated carbocycles. The van der Waals surface area contributed by atoms with Crippen molar-refractivity contribution < 1.29 is 14.2 Å². The van der Waals surface area contributed by atoms with Gasteiger partial charge in [0, 0.05) is 35.7 Å². The standard InChI is InChI=1S/C27H24N2O3/c1-2-4-17(5-3-1)15-30-19-6-7-23-21(11-19)22-12-25-20-13-27-26(31-16-32-27)10-18(20)8-9-29(25)14-24(22)28-23/h1-7,10-11,13,25,28H,8-9,12,14-16H2. The van der Waals surface area contributed by atoms with E-state index in [2.05, 4.69) is 52.3 Å². The third-order valence-electron chi connectivity index (χ3n) is 7.08. The zero-order valence-electron chi connectivity index (χ0n) is 17.8. The van der Waals surface area contributed by atoms with Gasteiger partial charge < -0.3 is 19.2 Å². The van der Waals surface area contributed by atoms with E-state index in [1.165, 1.54) is 38.9 Å². The highest BCUT2D eigenvalue weighted by atomic mass is 16.7. The summed E-state index contributed by atoms with van der Waals surface area (Å²) in [4.78, 5) is 6.27. The molecule has 5 nitrogen and oxygen atoms in total. The number of hydrogen-bond acceptors (Lipinski definition) is 4. The van der Waals surface area contributed by atoms with Gasteiger partial charge in [-0.1, -0.05) is 30.3 Å². The molecule has 1 atom stereocenters. The zero-order valence-corrected chi connectivity index (χ0v) is 17.8. The minimum Gasteiger partial charge on any atom is -0.489 e. The number of nitrogens with zero attached hydrogens (tertiary/aromatic N) is 1. The van der Waals surface area contributed by atoms with Gasteiger partial charge in [-0.05, 0) is 65.4 Å². The topological polar surface area (TPSA) is 46.7 Å². The fourth-order valence-electron chi connectivity index (χ4n) is 5.45. The maximum absolute atomic E-state index is 6.12. The summed E-state index contributed by atoms with van der Waals surface area (Å²) in [6.07, 6.45) is 2.04. The van der Waals surface area contributed by atoms with Crippen molar-refractivity contribution in [3.63, 3.8) is 0 Å². The molecule has 0 fully saturated rings. The Morgan fingerprint density at radius 3 is 2.78 bits per heavy atom. The molecule has 1 unspecified atom stereocenters. The summed E-state index contributed by atoms with van der Waals surface area (Å²) in [7, 11) is 0. The van der Waals surface area contributed by atoms with Crippen molar-refractivity contribution in [2.24, 2.45) is 0 Å². The summed E-state index contributed by atoms with van der Waals surface area (Å²) in [5.74, 6) is 2.69. The van der Waals surface area contributed by atoms with E-state index >= 15 is 0 Å². The Balaban J connectivity index is 1.22. The third-order valence-corrected chi connectivity index (χ3v) is 7.08. The molecule has 0 saturated heterocycles. The summed E-state index contributed by atoms with van der Waals surface area (Å²) in [5.41, 5.74) is 7.89. The van der Waals surface area contributed by atoms with Gasteiger partial charge in [0.15, 0.2) is 11.5 Å². The van der Waals surface area contributed by atoms with Gasteiger partial charge in [-0.25, -0.2) is 0 Å². The Morgan fingerprint density at radius 1 is 1.00 bits per heavy atom. The van der Waals surface area contributed by atoms with E-state index in [-0.39, 0.29) is 0 Å². The lowest BCUT2D eigenvalue weighted by Crippen LogP contribution is -2.39. The van der Waals surface area contributed by atoms with Gasteiger partial charge in [-0.15, -0.1) is 0 Å². The lowest BCUT2D eigenvalue weighted by molar-refractivity contribution is 0.159. The van der Waals surface area contributed by atoms with E-state index in [0.717, 1.165) is 43.2 Å². The monoisotopic (exact) mass is 424 g/mol. The Hall–Kier alpha value is -3.44. The van der Waals surface area contributed by atoms with Gasteiger partial charge in [-0.3, -0.25) is 4.90 Å². The van der Waals surface area contributed by atoms with Crippen LogP contribution in [0.1, 0.15) is 34.0 Å². The zero-order chi connectivity index (χ0) is 21.1. The van der Waals surface area contributed by atoms with Crippen LogP contribution >= 0.6 is 0 Å². The Bertz CT molecular complexity index is 1330. The predicted octanol–water partition coefficient (Wildman–Crippen LogP) is 5.13. The minimum absolute atomic E-state index is 0.324. The van der Waals surface area contributed by atoms with Gasteiger partial charge in [-0.2, -0.15) is 0 Å². The molecule has 0 aliphatic carbocycles. The van der Waals surface area contributed by atoms with E-state index < -0.39 is 0 Å². The Morgan fingerprint density at radius 2 is 1.88 bits per heavy atom. The molecule has 1 N–H and O–H groups in total. The number of benzene rings is 3. The summed E-state index contributed by atoms with van der Waals surface area (Å²) in [6.45, 7) is 2.92. The maximum atomic E-state index is 6.12. The van der Waals surface area contributed by atoms with Crippen LogP contribution < -0.4 is 14.2 Å². The molecule has 32 heavy (non-hydrogen) atoms. The minimum atomic E-state index is 0.324. The van der Waals surface area contributed by atoms with E-state index in [0.29, 0.717) is 19.4 Å². The number of hydrogen-bond donors (Lipinski definition) is 1. The predicted molar refractivity (Wildman–Crippen MR) is 122 cm³/mol. The molecule has 3 aliphatic heterocycles. The van der Waals surface area contributed by atoms with E-state index in [9.17, 15) is 0 Å². The summed E-state index contributed by atoms with van der Waals surface area (Å²) < 4.78 is 17.4. The molecule has 5 heteroatoms. The molecule has 0 bridgehead atoms. The molecule has 7 rings (SSSR count). The van der Waals surface area contributed by atoms with Crippen molar-refractivity contribution in [1.82, 2.24) is 9.88 Å². The molecule has 1 aromatic heterocycles. The van der Waals surface area contributed by atoms with Gasteiger partial charge in [0.2, 0.25) is 6.79 Å². The average Bonchev–Trinajstić information content (AvgIpc) is 3.44. The first-order chi connectivity index (χ1) is 15.8. The molecule has 0 radical (unpaired) electrons. The number of ether oxygens (including phenoxy) is 3. The third kappa shape index (κ3) is 2.88. The first-order valence-corrected chi connectivity index (χ1v) is 11.3. The van der Waals surface area contributed by atoms with E-state index in [1.54, 1.807) is 0 Å². The number of nitrogens with one attached hydrogen (secondary N) is 1. The smallest absolute Gasteiger partial charge is 0.231 e. The highest BCUT2D eigenvalue weighted by molar-refractivity contribution is 5.86. The van der Waals surface area contributed by atoms with Gasteiger partial charge in [0.25, 0.3) is 0 Å². The van der Waals surface area contributed by atoms with Crippen LogP contribution in [0, 0.1) is 0 Å². The maximum Gasteiger partial charge on any atom is 0.231 e. The van der Waals surface area contributed by atoms with Crippen molar-refractivity contribution in [3.05, 3.63) is 88.6 Å². The summed E-state index contributed by atoms with van der Waals surface area (Å²) >= 11 is 0. The van der Waals surface area contributed by atoms with Crippen LogP contribution in [0.3, 0.4) is 0 Å². The molecular formula is C27H24N2O3. The second kappa shape index (κ2) is 7.04. The van der Waals surface area contributed by atoms with Crippen LogP contribution in [0.4, 0.5) is 0 Å². The number of rotatable bonds is 3. The van der Waals surface area contributed by atoms with Crippen molar-refractivity contribution in [2.45, 2.75) is 32.0 Å². The number of aromatic amines is 1. The van der Waals surface area contributed by atoms with Crippen molar-refractivity contribution in [2.75, 3.05) is 13.3 Å². The summed E-state index contributed by atoms with van der Waals surface area (Å²) in [6, 6.07) is 21.5. The van der Waals surface area contributed by atoms with Crippen LogP contribution in [0.5, 0.6) is 17.2 Å². The van der Waals surface area contributed by atoms with Crippen LogP contribution in [0.25, 0.3) is 10.9 Å². The van der Waals surface area contributed by atoms with Crippen molar-refractivity contribution in [3.8, 4) is 17.2 Å². The fraction of sp³-hybridized carbons (Fsp3) is 0.259. The Labute approximate surface area is 186 Å². The lowest BCUT2D eigenvalue weighted by atomic mass is 9.85. The highest BCUT2D eigenvalue weighted by Gasteiger charge is 2.35. The molecule has 3 aromatic carbocycles. The van der Waals surface area contributed by atoms with Crippen LogP contribution in [-0.2, 0) is 26.0 Å². The second-order valence-electron chi connectivity index (χ2n) is 8.91. The average molecular weight is 425 g/mol.